The molecule has 4 rings (SSSR count). The minimum Gasteiger partial charge on any atom is -0.399 e. The summed E-state index contributed by atoms with van der Waals surface area (Å²) in [6.45, 7) is 0.535. The van der Waals surface area contributed by atoms with Gasteiger partial charge in [-0.05, 0) is 72.0 Å². The average molecular weight is 454 g/mol. The fourth-order valence-electron chi connectivity index (χ4n) is 3.88. The molecule has 1 amide bonds. The highest BCUT2D eigenvalue weighted by molar-refractivity contribution is 7.89. The lowest BCUT2D eigenvalue weighted by Crippen LogP contribution is -2.45. The van der Waals surface area contributed by atoms with E-state index >= 15 is 0 Å². The first-order valence-electron chi connectivity index (χ1n) is 10.3. The Balaban J connectivity index is 1.45. The molecular formula is C24H24FN3O3S. The number of halogens is 1. The van der Waals surface area contributed by atoms with Crippen molar-refractivity contribution in [2.75, 3.05) is 12.3 Å². The Kier molecular flexibility index (Phi) is 6.25. The zero-order chi connectivity index (χ0) is 22.7. The van der Waals surface area contributed by atoms with Gasteiger partial charge in [-0.25, -0.2) is 12.8 Å². The Bertz CT molecular complexity index is 1210. The summed E-state index contributed by atoms with van der Waals surface area (Å²) in [6, 6.07) is 19.2. The first-order valence-corrected chi connectivity index (χ1v) is 11.8. The molecule has 3 N–H and O–H groups in total. The van der Waals surface area contributed by atoms with Gasteiger partial charge in [0.1, 0.15) is 11.9 Å². The minimum atomic E-state index is -3.88. The monoisotopic (exact) mass is 453 g/mol. The standard InChI is InChI=1S/C24H24FN3O3S/c25-20-8-12-22(13-9-20)32(30,31)28-14-2-5-23(28)24(29)27-16-17-3-1-4-19(15-17)18-6-10-21(26)11-7-18/h1,3-4,6-13,15,23H,2,5,14,16,26H2,(H,27,29)/t23-/m0/s1. The number of sulfonamides is 1. The predicted octanol–water partition coefficient (Wildman–Crippen LogP) is 3.54. The number of hydrogen-bond donors (Lipinski definition) is 2. The Morgan fingerprint density at radius 1 is 1.03 bits per heavy atom. The van der Waals surface area contributed by atoms with Crippen LogP contribution in [0, 0.1) is 5.82 Å². The van der Waals surface area contributed by atoms with Crippen LogP contribution in [-0.2, 0) is 21.4 Å². The molecule has 3 aromatic rings. The van der Waals surface area contributed by atoms with Crippen molar-refractivity contribution in [3.63, 3.8) is 0 Å². The van der Waals surface area contributed by atoms with Gasteiger partial charge in [0.2, 0.25) is 15.9 Å². The molecule has 1 aliphatic rings. The molecule has 1 saturated heterocycles. The first kappa shape index (κ1) is 22.0. The Morgan fingerprint density at radius 2 is 1.75 bits per heavy atom. The summed E-state index contributed by atoms with van der Waals surface area (Å²) in [5, 5.41) is 2.87. The summed E-state index contributed by atoms with van der Waals surface area (Å²) in [5.74, 6) is -0.855. The van der Waals surface area contributed by atoms with Crippen molar-refractivity contribution >= 4 is 21.6 Å². The van der Waals surface area contributed by atoms with Gasteiger partial charge in [-0.15, -0.1) is 0 Å². The van der Waals surface area contributed by atoms with Crippen LogP contribution in [-0.4, -0.2) is 31.2 Å². The Hall–Kier alpha value is -3.23. The van der Waals surface area contributed by atoms with E-state index in [0.29, 0.717) is 18.5 Å². The van der Waals surface area contributed by atoms with Gasteiger partial charge in [-0.1, -0.05) is 30.3 Å². The van der Waals surface area contributed by atoms with Crippen molar-refractivity contribution in [3.05, 3.63) is 84.2 Å². The fourth-order valence-corrected chi connectivity index (χ4v) is 5.53. The van der Waals surface area contributed by atoms with E-state index in [-0.39, 0.29) is 23.9 Å². The number of nitrogens with one attached hydrogen (secondary N) is 1. The number of rotatable bonds is 6. The molecule has 166 valence electrons. The van der Waals surface area contributed by atoms with Gasteiger partial charge in [-0.3, -0.25) is 4.79 Å². The van der Waals surface area contributed by atoms with E-state index in [1.807, 2.05) is 48.5 Å². The van der Waals surface area contributed by atoms with E-state index in [4.69, 9.17) is 5.73 Å². The number of amides is 1. The van der Waals surface area contributed by atoms with Crippen LogP contribution in [0.5, 0.6) is 0 Å². The van der Waals surface area contributed by atoms with E-state index in [9.17, 15) is 17.6 Å². The molecule has 0 saturated carbocycles. The number of nitrogen functional groups attached to an aromatic ring is 1. The normalized spacial score (nSPS) is 16.7. The van der Waals surface area contributed by atoms with Crippen molar-refractivity contribution in [3.8, 4) is 11.1 Å². The van der Waals surface area contributed by atoms with Crippen molar-refractivity contribution in [1.29, 1.82) is 0 Å². The molecule has 0 aliphatic carbocycles. The number of nitrogens with zero attached hydrogens (tertiary/aromatic N) is 1. The number of carbonyl (C=O) groups excluding carboxylic acids is 1. The van der Waals surface area contributed by atoms with Crippen LogP contribution >= 0.6 is 0 Å². The number of hydrogen-bond acceptors (Lipinski definition) is 4. The molecule has 1 atom stereocenters. The van der Waals surface area contributed by atoms with Crippen LogP contribution in [0.4, 0.5) is 10.1 Å². The SMILES string of the molecule is Nc1ccc(-c2cccc(CNC(=O)[C@@H]3CCCN3S(=O)(=O)c3ccc(F)cc3)c2)cc1. The minimum absolute atomic E-state index is 0.0187. The second-order valence-electron chi connectivity index (χ2n) is 7.77. The zero-order valence-corrected chi connectivity index (χ0v) is 18.2. The van der Waals surface area contributed by atoms with Crippen LogP contribution in [0.2, 0.25) is 0 Å². The quantitative estimate of drug-likeness (QED) is 0.559. The highest BCUT2D eigenvalue weighted by atomic mass is 32.2. The van der Waals surface area contributed by atoms with Gasteiger partial charge in [0, 0.05) is 18.8 Å². The molecule has 3 aromatic carbocycles. The molecular weight excluding hydrogens is 429 g/mol. The molecule has 1 heterocycles. The fraction of sp³-hybridized carbons (Fsp3) is 0.208. The lowest BCUT2D eigenvalue weighted by molar-refractivity contribution is -0.124. The number of carbonyl (C=O) groups is 1. The highest BCUT2D eigenvalue weighted by Crippen LogP contribution is 2.27. The molecule has 1 fully saturated rings. The third kappa shape index (κ3) is 4.66. The van der Waals surface area contributed by atoms with Crippen molar-refractivity contribution in [2.24, 2.45) is 0 Å². The van der Waals surface area contributed by atoms with Gasteiger partial charge in [0.15, 0.2) is 0 Å². The van der Waals surface area contributed by atoms with E-state index in [2.05, 4.69) is 5.32 Å². The van der Waals surface area contributed by atoms with Gasteiger partial charge in [0.05, 0.1) is 4.90 Å². The smallest absolute Gasteiger partial charge is 0.243 e. The lowest BCUT2D eigenvalue weighted by atomic mass is 10.0. The Morgan fingerprint density at radius 3 is 2.47 bits per heavy atom. The van der Waals surface area contributed by atoms with Gasteiger partial charge < -0.3 is 11.1 Å². The summed E-state index contributed by atoms with van der Waals surface area (Å²) >= 11 is 0. The first-order chi connectivity index (χ1) is 15.3. The summed E-state index contributed by atoms with van der Waals surface area (Å²) in [4.78, 5) is 12.8. The molecule has 0 unspecified atom stereocenters. The van der Waals surface area contributed by atoms with Crippen LogP contribution in [0.15, 0.2) is 77.7 Å². The van der Waals surface area contributed by atoms with Gasteiger partial charge >= 0.3 is 0 Å². The second-order valence-corrected chi connectivity index (χ2v) is 9.66. The van der Waals surface area contributed by atoms with E-state index in [0.717, 1.165) is 28.8 Å². The van der Waals surface area contributed by atoms with Crippen molar-refractivity contribution < 1.29 is 17.6 Å². The molecule has 0 radical (unpaired) electrons. The number of anilines is 1. The van der Waals surface area contributed by atoms with E-state index < -0.39 is 21.9 Å². The van der Waals surface area contributed by atoms with Crippen LogP contribution < -0.4 is 11.1 Å². The molecule has 0 spiro atoms. The summed E-state index contributed by atoms with van der Waals surface area (Å²) < 4.78 is 40.4. The summed E-state index contributed by atoms with van der Waals surface area (Å²) in [6.07, 6.45) is 1.03. The van der Waals surface area contributed by atoms with E-state index in [1.54, 1.807) is 0 Å². The molecule has 1 aliphatic heterocycles. The second kappa shape index (κ2) is 9.10. The van der Waals surface area contributed by atoms with Crippen LogP contribution in [0.25, 0.3) is 11.1 Å². The van der Waals surface area contributed by atoms with Crippen molar-refractivity contribution in [1.82, 2.24) is 9.62 Å². The third-order valence-electron chi connectivity index (χ3n) is 5.56. The van der Waals surface area contributed by atoms with Gasteiger partial charge in [-0.2, -0.15) is 4.31 Å². The largest absolute Gasteiger partial charge is 0.399 e. The maximum Gasteiger partial charge on any atom is 0.243 e. The molecule has 0 aromatic heterocycles. The predicted molar refractivity (Wildman–Crippen MR) is 121 cm³/mol. The summed E-state index contributed by atoms with van der Waals surface area (Å²) in [7, 11) is -3.88. The molecule has 0 bridgehead atoms. The van der Waals surface area contributed by atoms with E-state index in [1.165, 1.54) is 16.4 Å². The Labute approximate surface area is 186 Å². The average Bonchev–Trinajstić information content (AvgIpc) is 3.30. The van der Waals surface area contributed by atoms with Crippen molar-refractivity contribution in [2.45, 2.75) is 30.3 Å². The lowest BCUT2D eigenvalue weighted by Gasteiger charge is -2.23. The third-order valence-corrected chi connectivity index (χ3v) is 7.49. The number of benzene rings is 3. The summed E-state index contributed by atoms with van der Waals surface area (Å²) in [5.41, 5.74) is 9.35. The van der Waals surface area contributed by atoms with Gasteiger partial charge in [0.25, 0.3) is 0 Å². The molecule has 8 heteroatoms. The maximum absolute atomic E-state index is 13.2. The van der Waals surface area contributed by atoms with Crippen LogP contribution in [0.1, 0.15) is 18.4 Å². The zero-order valence-electron chi connectivity index (χ0n) is 17.4. The number of nitrogens with two attached hydrogens (primary N) is 1. The van der Waals surface area contributed by atoms with Crippen LogP contribution in [0.3, 0.4) is 0 Å². The molecule has 6 nitrogen and oxygen atoms in total. The highest BCUT2D eigenvalue weighted by Gasteiger charge is 2.39. The molecule has 32 heavy (non-hydrogen) atoms. The maximum atomic E-state index is 13.2. The topological polar surface area (TPSA) is 92.5 Å².